The molecule has 4 aromatic rings. The molecule has 1 N–H and O–H groups in total. The third-order valence-electron chi connectivity index (χ3n) is 4.20. The topological polar surface area (TPSA) is 77.6 Å². The van der Waals surface area contributed by atoms with Gasteiger partial charge in [-0.15, -0.1) is 3.89 Å². The van der Waals surface area contributed by atoms with Gasteiger partial charge in [-0.1, -0.05) is 26.0 Å². The van der Waals surface area contributed by atoms with Crippen molar-refractivity contribution in [2.75, 3.05) is 0 Å². The minimum Gasteiger partial charge on any atom is -0.347 e. The highest BCUT2D eigenvalue weighted by Crippen LogP contribution is 2.25. The molecule has 0 saturated carbocycles. The zero-order valence-corrected chi connectivity index (χ0v) is 18.7. The molecule has 1 amide bonds. The number of aromatic nitrogens is 5. The molecule has 0 fully saturated rings. The van der Waals surface area contributed by atoms with Crippen LogP contribution < -0.4 is 5.32 Å². The second-order valence-electron chi connectivity index (χ2n) is 7.66. The van der Waals surface area contributed by atoms with Crippen molar-refractivity contribution in [2.24, 2.45) is 0 Å². The third-order valence-corrected chi connectivity index (χ3v) is 4.63. The molecule has 7 nitrogen and oxygen atoms in total. The van der Waals surface area contributed by atoms with Gasteiger partial charge in [0.05, 0.1) is 23.5 Å². The van der Waals surface area contributed by atoms with Gasteiger partial charge in [-0.05, 0) is 39.3 Å². The van der Waals surface area contributed by atoms with E-state index >= 15 is 0 Å². The Morgan fingerprint density at radius 2 is 1.93 bits per heavy atom. The van der Waals surface area contributed by atoms with E-state index in [1.807, 2.05) is 59.7 Å². The summed E-state index contributed by atoms with van der Waals surface area (Å²) in [4.78, 5) is 21.6. The molecule has 158 valence electrons. The molecule has 0 saturated heterocycles. The summed E-state index contributed by atoms with van der Waals surface area (Å²) in [5.74, 6) is 0.123. The highest BCUT2D eigenvalue weighted by Gasteiger charge is 2.23. The Hall–Kier alpha value is -2.94. The predicted molar refractivity (Wildman–Crippen MR) is 120 cm³/mol. The molecule has 9 heteroatoms. The van der Waals surface area contributed by atoms with Crippen molar-refractivity contribution >= 4 is 40.3 Å². The number of hydrogen-bond donors (Lipinski definition) is 1. The zero-order chi connectivity index (χ0) is 22.1. The van der Waals surface area contributed by atoms with Gasteiger partial charge in [-0.25, -0.2) is 18.6 Å². The normalized spacial score (nSPS) is 11.4. The van der Waals surface area contributed by atoms with Gasteiger partial charge in [0.2, 0.25) is 0 Å². The lowest BCUT2D eigenvalue weighted by molar-refractivity contribution is 0.0921. The molecule has 0 radical (unpaired) electrons. The fourth-order valence-electron chi connectivity index (χ4n) is 2.99. The monoisotopic (exact) mass is 428 g/mol. The molecule has 0 unspecified atom stereocenters. The van der Waals surface area contributed by atoms with Crippen molar-refractivity contribution in [3.63, 3.8) is 0 Å². The Morgan fingerprint density at radius 1 is 1.20 bits per heavy atom. The van der Waals surface area contributed by atoms with Crippen LogP contribution in [0.15, 0.2) is 36.8 Å². The van der Waals surface area contributed by atoms with Crippen LogP contribution in [0, 0.1) is 6.92 Å². The van der Waals surface area contributed by atoms with Crippen molar-refractivity contribution in [1.29, 1.82) is 0 Å². The summed E-state index contributed by atoms with van der Waals surface area (Å²) in [6, 6.07) is 6.00. The Morgan fingerprint density at radius 3 is 2.60 bits per heavy atom. The summed E-state index contributed by atoms with van der Waals surface area (Å²) < 4.78 is 16.2. The summed E-state index contributed by atoms with van der Waals surface area (Å²) in [5, 5.41) is 8.25. The number of carbonyl (C=O) groups is 1. The van der Waals surface area contributed by atoms with Crippen LogP contribution in [0.5, 0.6) is 0 Å². The lowest BCUT2D eigenvalue weighted by atomic mass is 10.1. The van der Waals surface area contributed by atoms with Crippen LogP contribution >= 0.6 is 12.3 Å². The van der Waals surface area contributed by atoms with Crippen LogP contribution in [-0.4, -0.2) is 35.2 Å². The first-order valence-electron chi connectivity index (χ1n) is 9.71. The molecule has 3 heterocycles. The Bertz CT molecular complexity index is 1210. The summed E-state index contributed by atoms with van der Waals surface area (Å²) in [6.45, 7) is 11.6. The minimum absolute atomic E-state index is 0.0259. The zero-order valence-electron chi connectivity index (χ0n) is 17.9. The average molecular weight is 429 g/mol. The largest absolute Gasteiger partial charge is 0.347 e. The molecule has 0 aliphatic carbocycles. The second-order valence-corrected chi connectivity index (χ2v) is 8.19. The van der Waals surface area contributed by atoms with Gasteiger partial charge < -0.3 is 5.32 Å². The van der Waals surface area contributed by atoms with Crippen LogP contribution in [0.25, 0.3) is 27.9 Å². The summed E-state index contributed by atoms with van der Waals surface area (Å²) in [5.41, 5.74) is 2.40. The summed E-state index contributed by atoms with van der Waals surface area (Å²) in [7, 11) is 0. The molecular weight excluding hydrogens is 403 g/mol. The molecule has 0 aliphatic heterocycles. The highest BCUT2D eigenvalue weighted by molar-refractivity contribution is 7.92. The molecule has 0 bridgehead atoms. The van der Waals surface area contributed by atoms with E-state index in [-0.39, 0.29) is 29.5 Å². The fraction of sp³-hybridized carbons (Fsp3) is 0.333. The number of nitrogens with one attached hydrogen (secondary N) is 1. The van der Waals surface area contributed by atoms with Crippen LogP contribution in [-0.2, 0) is 0 Å². The van der Waals surface area contributed by atoms with E-state index in [4.69, 9.17) is 0 Å². The lowest BCUT2D eigenvalue weighted by Crippen LogP contribution is -2.40. The first kappa shape index (κ1) is 21.8. The van der Waals surface area contributed by atoms with E-state index in [1.165, 1.54) is 16.4 Å². The first-order valence-corrected chi connectivity index (χ1v) is 10.4. The number of carbonyl (C=O) groups excluding carboxylic acids is 1. The Balaban J connectivity index is 0.00000124. The highest BCUT2D eigenvalue weighted by atomic mass is 32.2. The van der Waals surface area contributed by atoms with Crippen molar-refractivity contribution in [3.05, 3.63) is 47.9 Å². The maximum atomic E-state index is 13.4. The number of halogens is 1. The number of amides is 1. The standard InChI is InChI=1S/C19H19FN6OS.C2H6/c1-11-5-6-12-8-22-26(14(12)7-11)15-9-21-17-16(23-15)13(10-25(17)28-20)18(27)24-19(2,3)4;1-2/h5-10H,1-4H3,(H,24,27);1-2H3. The van der Waals surface area contributed by atoms with Crippen LogP contribution in [0.3, 0.4) is 0 Å². The van der Waals surface area contributed by atoms with Gasteiger partial charge in [0.1, 0.15) is 5.52 Å². The van der Waals surface area contributed by atoms with Gasteiger partial charge in [0.15, 0.2) is 23.8 Å². The van der Waals surface area contributed by atoms with Crippen molar-refractivity contribution < 1.29 is 8.68 Å². The molecule has 0 atom stereocenters. The summed E-state index contributed by atoms with van der Waals surface area (Å²) >= 11 is -0.0259. The SMILES string of the molecule is CC.Cc1ccc2cnn(-c3cnc4c(n3)c(C(=O)NC(C)(C)C)cn4SF)c2c1. The number of aryl methyl sites for hydroxylation is 1. The van der Waals surface area contributed by atoms with E-state index in [0.29, 0.717) is 11.3 Å². The minimum atomic E-state index is -0.435. The smallest absolute Gasteiger partial charge is 0.255 e. The molecule has 4 rings (SSSR count). The first-order chi connectivity index (χ1) is 14.3. The van der Waals surface area contributed by atoms with Crippen LogP contribution in [0.4, 0.5) is 3.89 Å². The quantitative estimate of drug-likeness (QED) is 0.496. The maximum absolute atomic E-state index is 13.4. The average Bonchev–Trinajstić information content (AvgIpc) is 3.28. The number of fused-ring (bicyclic) bond motifs is 2. The number of benzene rings is 1. The van der Waals surface area contributed by atoms with Crippen molar-refractivity contribution in [2.45, 2.75) is 47.1 Å². The molecule has 30 heavy (non-hydrogen) atoms. The molecule has 0 spiro atoms. The molecule has 0 aliphatic rings. The number of rotatable bonds is 3. The predicted octanol–water partition coefficient (Wildman–Crippen LogP) is 5.01. The molecule has 3 aromatic heterocycles. The van der Waals surface area contributed by atoms with Crippen molar-refractivity contribution in [1.82, 2.24) is 29.0 Å². The third kappa shape index (κ3) is 4.16. The van der Waals surface area contributed by atoms with E-state index in [2.05, 4.69) is 20.4 Å². The van der Waals surface area contributed by atoms with Gasteiger partial charge in [0.25, 0.3) is 5.91 Å². The Labute approximate surface area is 179 Å². The van der Waals surface area contributed by atoms with E-state index in [0.717, 1.165) is 16.5 Å². The van der Waals surface area contributed by atoms with Gasteiger partial charge in [-0.3, -0.25) is 4.79 Å². The van der Waals surface area contributed by atoms with Gasteiger partial charge in [0, 0.05) is 17.1 Å². The van der Waals surface area contributed by atoms with Crippen molar-refractivity contribution in [3.8, 4) is 5.82 Å². The maximum Gasteiger partial charge on any atom is 0.255 e. The second kappa shape index (κ2) is 8.43. The molecule has 1 aromatic carbocycles. The van der Waals surface area contributed by atoms with Gasteiger partial charge >= 0.3 is 0 Å². The van der Waals surface area contributed by atoms with E-state index in [9.17, 15) is 8.68 Å². The fourth-order valence-corrected chi connectivity index (χ4v) is 3.34. The Kier molecular flexibility index (Phi) is 6.12. The van der Waals surface area contributed by atoms with Gasteiger partial charge in [-0.2, -0.15) is 5.10 Å². The van der Waals surface area contributed by atoms with Crippen LogP contribution in [0.1, 0.15) is 50.5 Å². The van der Waals surface area contributed by atoms with E-state index in [1.54, 1.807) is 10.9 Å². The lowest BCUT2D eigenvalue weighted by Gasteiger charge is -2.20. The van der Waals surface area contributed by atoms with E-state index < -0.39 is 5.54 Å². The number of nitrogens with zero attached hydrogens (tertiary/aromatic N) is 5. The number of hydrogen-bond acceptors (Lipinski definition) is 5. The molecular formula is C21H25FN6OS. The van der Waals surface area contributed by atoms with Crippen LogP contribution in [0.2, 0.25) is 0 Å². The summed E-state index contributed by atoms with van der Waals surface area (Å²) in [6.07, 6.45) is 4.68.